The molecule has 0 aliphatic heterocycles. The Morgan fingerprint density at radius 1 is 1.60 bits per heavy atom. The summed E-state index contributed by atoms with van der Waals surface area (Å²) < 4.78 is 5.01. The van der Waals surface area contributed by atoms with Crippen molar-refractivity contribution >= 4 is 6.08 Å². The zero-order chi connectivity index (χ0) is 7.56. The molecule has 0 bridgehead atoms. The van der Waals surface area contributed by atoms with Gasteiger partial charge in [0.15, 0.2) is 6.39 Å². The van der Waals surface area contributed by atoms with Crippen LogP contribution >= 0.6 is 0 Å². The van der Waals surface area contributed by atoms with E-state index >= 15 is 0 Å². The lowest BCUT2D eigenvalue weighted by Crippen LogP contribution is -1.75. The highest BCUT2D eigenvalue weighted by atomic mass is 16.3. The highest BCUT2D eigenvalue weighted by Crippen LogP contribution is 2.08. The molecular weight excluding hydrogens is 126 g/mol. The van der Waals surface area contributed by atoms with Crippen molar-refractivity contribution in [2.24, 2.45) is 0 Å². The molecule has 1 rings (SSSR count). The maximum absolute atomic E-state index is 5.01. The first kappa shape index (κ1) is 7.06. The van der Waals surface area contributed by atoms with Gasteiger partial charge in [0.2, 0.25) is 0 Å². The number of hydrogen-bond donors (Lipinski definition) is 0. The lowest BCUT2D eigenvalue weighted by Gasteiger charge is -1.87. The summed E-state index contributed by atoms with van der Waals surface area (Å²) in [6.07, 6.45) is 3.46. The molecule has 2 nitrogen and oxygen atoms in total. The van der Waals surface area contributed by atoms with Gasteiger partial charge in [-0.1, -0.05) is 5.57 Å². The number of rotatable bonds is 1. The Hall–Kier alpha value is -1.05. The van der Waals surface area contributed by atoms with Crippen molar-refractivity contribution < 1.29 is 4.42 Å². The van der Waals surface area contributed by atoms with Crippen LogP contribution in [-0.4, -0.2) is 4.98 Å². The smallest absolute Gasteiger partial charge is 0.181 e. The standard InChI is InChI=1S/C8H11NO/c1-6(2)4-8-7(3)10-5-9-8/h4-5H,1-3H3. The van der Waals surface area contributed by atoms with Crippen LogP contribution in [0, 0.1) is 6.92 Å². The van der Waals surface area contributed by atoms with Crippen LogP contribution in [0.5, 0.6) is 0 Å². The van der Waals surface area contributed by atoms with Gasteiger partial charge in [-0.3, -0.25) is 0 Å². The molecule has 0 unspecified atom stereocenters. The fourth-order valence-electron chi connectivity index (χ4n) is 0.726. The highest BCUT2D eigenvalue weighted by Gasteiger charge is 1.96. The summed E-state index contributed by atoms with van der Waals surface area (Å²) in [5.41, 5.74) is 2.16. The average molecular weight is 137 g/mol. The van der Waals surface area contributed by atoms with Crippen LogP contribution in [0.15, 0.2) is 16.4 Å². The Labute approximate surface area is 60.6 Å². The van der Waals surface area contributed by atoms with Gasteiger partial charge < -0.3 is 4.42 Å². The van der Waals surface area contributed by atoms with Crippen LogP contribution in [-0.2, 0) is 0 Å². The van der Waals surface area contributed by atoms with Gasteiger partial charge in [0.05, 0.1) is 0 Å². The first-order chi connectivity index (χ1) is 4.70. The number of oxazole rings is 1. The molecular formula is C8H11NO. The highest BCUT2D eigenvalue weighted by molar-refractivity contribution is 5.48. The van der Waals surface area contributed by atoms with E-state index in [9.17, 15) is 0 Å². The minimum atomic E-state index is 0.876. The molecule has 0 aliphatic carbocycles. The number of aromatic nitrogens is 1. The van der Waals surface area contributed by atoms with Gasteiger partial charge in [-0.2, -0.15) is 0 Å². The second kappa shape index (κ2) is 2.69. The van der Waals surface area contributed by atoms with Crippen molar-refractivity contribution in [3.05, 3.63) is 23.4 Å². The molecule has 0 atom stereocenters. The van der Waals surface area contributed by atoms with Crippen molar-refractivity contribution in [3.8, 4) is 0 Å². The van der Waals surface area contributed by atoms with Crippen LogP contribution in [0.25, 0.3) is 6.08 Å². The van der Waals surface area contributed by atoms with Gasteiger partial charge in [0.25, 0.3) is 0 Å². The third kappa shape index (κ3) is 1.47. The third-order valence-electron chi connectivity index (χ3n) is 1.21. The van der Waals surface area contributed by atoms with Crippen molar-refractivity contribution in [2.75, 3.05) is 0 Å². The molecule has 0 saturated heterocycles. The Balaban J connectivity index is 2.95. The van der Waals surface area contributed by atoms with Crippen LogP contribution in [0.1, 0.15) is 25.3 Å². The van der Waals surface area contributed by atoms with Crippen molar-refractivity contribution in [1.29, 1.82) is 0 Å². The van der Waals surface area contributed by atoms with Gasteiger partial charge in [-0.25, -0.2) is 4.98 Å². The quantitative estimate of drug-likeness (QED) is 0.594. The van der Waals surface area contributed by atoms with Gasteiger partial charge in [-0.05, 0) is 26.8 Å². The fraction of sp³-hybridized carbons (Fsp3) is 0.375. The number of nitrogens with zero attached hydrogens (tertiary/aromatic N) is 1. The van der Waals surface area contributed by atoms with E-state index in [2.05, 4.69) is 4.98 Å². The Kier molecular flexibility index (Phi) is 1.90. The molecule has 0 N–H and O–H groups in total. The monoisotopic (exact) mass is 137 g/mol. The topological polar surface area (TPSA) is 26.0 Å². The Bertz CT molecular complexity index is 244. The van der Waals surface area contributed by atoms with Crippen LogP contribution < -0.4 is 0 Å². The normalized spacial score (nSPS) is 9.50. The molecule has 0 aromatic carbocycles. The summed E-state index contributed by atoms with van der Waals surface area (Å²) in [6, 6.07) is 0. The molecule has 1 aromatic heterocycles. The van der Waals surface area contributed by atoms with E-state index < -0.39 is 0 Å². The van der Waals surface area contributed by atoms with Gasteiger partial charge in [0.1, 0.15) is 11.5 Å². The summed E-state index contributed by atoms with van der Waals surface area (Å²) in [6.45, 7) is 5.98. The Morgan fingerprint density at radius 2 is 2.30 bits per heavy atom. The molecule has 0 aliphatic rings. The van der Waals surface area contributed by atoms with Crippen LogP contribution in [0.3, 0.4) is 0 Å². The molecule has 54 valence electrons. The maximum atomic E-state index is 5.01. The van der Waals surface area contributed by atoms with E-state index in [1.807, 2.05) is 26.8 Å². The fourth-order valence-corrected chi connectivity index (χ4v) is 0.726. The summed E-state index contributed by atoms with van der Waals surface area (Å²) >= 11 is 0. The summed E-state index contributed by atoms with van der Waals surface area (Å²) in [4.78, 5) is 4.01. The molecule has 0 amide bonds. The molecule has 10 heavy (non-hydrogen) atoms. The van der Waals surface area contributed by atoms with Crippen molar-refractivity contribution in [3.63, 3.8) is 0 Å². The second-order valence-electron chi connectivity index (χ2n) is 2.52. The van der Waals surface area contributed by atoms with E-state index in [-0.39, 0.29) is 0 Å². The summed E-state index contributed by atoms with van der Waals surface area (Å²) in [5, 5.41) is 0. The van der Waals surface area contributed by atoms with Crippen LogP contribution in [0.2, 0.25) is 0 Å². The van der Waals surface area contributed by atoms with Crippen LogP contribution in [0.4, 0.5) is 0 Å². The van der Waals surface area contributed by atoms with E-state index in [4.69, 9.17) is 4.42 Å². The van der Waals surface area contributed by atoms with Gasteiger partial charge in [0, 0.05) is 0 Å². The van der Waals surface area contributed by atoms with E-state index in [1.54, 1.807) is 0 Å². The zero-order valence-electron chi connectivity index (χ0n) is 6.51. The minimum absolute atomic E-state index is 0.876. The van der Waals surface area contributed by atoms with Gasteiger partial charge >= 0.3 is 0 Å². The second-order valence-corrected chi connectivity index (χ2v) is 2.52. The molecule has 0 spiro atoms. The number of aryl methyl sites for hydroxylation is 1. The predicted molar refractivity (Wildman–Crippen MR) is 40.6 cm³/mol. The zero-order valence-corrected chi connectivity index (χ0v) is 6.51. The number of hydrogen-bond acceptors (Lipinski definition) is 2. The van der Waals surface area contributed by atoms with Gasteiger partial charge in [-0.15, -0.1) is 0 Å². The Morgan fingerprint density at radius 3 is 2.70 bits per heavy atom. The molecule has 0 saturated carbocycles. The number of allylic oxidation sites excluding steroid dienone is 1. The molecule has 0 radical (unpaired) electrons. The first-order valence-corrected chi connectivity index (χ1v) is 3.25. The summed E-state index contributed by atoms with van der Waals surface area (Å²) in [7, 11) is 0. The SMILES string of the molecule is CC(C)=Cc1ncoc1C. The van der Waals surface area contributed by atoms with E-state index in [0.29, 0.717) is 0 Å². The third-order valence-corrected chi connectivity index (χ3v) is 1.21. The first-order valence-electron chi connectivity index (χ1n) is 3.25. The van der Waals surface area contributed by atoms with E-state index in [1.165, 1.54) is 12.0 Å². The predicted octanol–water partition coefficient (Wildman–Crippen LogP) is 2.41. The molecule has 2 heteroatoms. The van der Waals surface area contributed by atoms with Crippen molar-refractivity contribution in [2.45, 2.75) is 20.8 Å². The molecule has 1 heterocycles. The maximum Gasteiger partial charge on any atom is 0.181 e. The average Bonchev–Trinajstić information content (AvgIpc) is 2.15. The summed E-state index contributed by atoms with van der Waals surface area (Å²) in [5.74, 6) is 0.876. The molecule has 0 fully saturated rings. The lowest BCUT2D eigenvalue weighted by molar-refractivity contribution is 0.526. The largest absolute Gasteiger partial charge is 0.448 e. The molecule has 1 aromatic rings. The minimum Gasteiger partial charge on any atom is -0.448 e. The van der Waals surface area contributed by atoms with Crippen molar-refractivity contribution in [1.82, 2.24) is 4.98 Å². The lowest BCUT2D eigenvalue weighted by atomic mass is 10.2. The van der Waals surface area contributed by atoms with E-state index in [0.717, 1.165) is 11.5 Å².